The summed E-state index contributed by atoms with van der Waals surface area (Å²) in [5, 5.41) is 12.3. The fourth-order valence-electron chi connectivity index (χ4n) is 2.54. The Bertz CT molecular complexity index is 486. The lowest BCUT2D eigenvalue weighted by molar-refractivity contribution is -0.139. The number of carboxylic acids is 1. The van der Waals surface area contributed by atoms with Crippen LogP contribution >= 0.6 is 0 Å². The Kier molecular flexibility index (Phi) is 4.54. The number of aryl methyl sites for hydroxylation is 2. The van der Waals surface area contributed by atoms with Crippen LogP contribution in [0.1, 0.15) is 31.2 Å². The molecule has 1 aromatic heterocycles. The van der Waals surface area contributed by atoms with Gasteiger partial charge in [0, 0.05) is 18.3 Å². The summed E-state index contributed by atoms with van der Waals surface area (Å²) >= 11 is 0. The van der Waals surface area contributed by atoms with Crippen molar-refractivity contribution in [3.05, 3.63) is 17.6 Å². The Morgan fingerprint density at radius 1 is 1.50 bits per heavy atom. The third-order valence-electron chi connectivity index (χ3n) is 3.79. The van der Waals surface area contributed by atoms with E-state index in [1.54, 1.807) is 6.20 Å². The molecular formula is C14H22N4O2. The standard InChI is InChI=1S/C14H22N4O2/c1-4-18(8-13(19)20)12-5-11(6-12)17-14-10(3)15-7-9(2)16-14/h7,11-12H,4-6,8H2,1-3H3,(H,16,17)(H,19,20). The predicted molar refractivity (Wildman–Crippen MR) is 76.8 cm³/mol. The molecule has 0 aliphatic heterocycles. The zero-order valence-corrected chi connectivity index (χ0v) is 12.3. The monoisotopic (exact) mass is 278 g/mol. The molecule has 0 unspecified atom stereocenters. The summed E-state index contributed by atoms with van der Waals surface area (Å²) < 4.78 is 0. The predicted octanol–water partition coefficient (Wildman–Crippen LogP) is 1.44. The van der Waals surface area contributed by atoms with Gasteiger partial charge in [0.25, 0.3) is 0 Å². The lowest BCUT2D eigenvalue weighted by Gasteiger charge is -2.42. The van der Waals surface area contributed by atoms with Crippen LogP contribution in [-0.4, -0.2) is 51.1 Å². The summed E-state index contributed by atoms with van der Waals surface area (Å²) in [6.07, 6.45) is 3.67. The summed E-state index contributed by atoms with van der Waals surface area (Å²) in [6, 6.07) is 0.712. The number of aliphatic carboxylic acids is 1. The molecule has 20 heavy (non-hydrogen) atoms. The molecule has 6 nitrogen and oxygen atoms in total. The molecule has 0 saturated heterocycles. The van der Waals surface area contributed by atoms with Crippen molar-refractivity contribution >= 4 is 11.8 Å². The average molecular weight is 278 g/mol. The molecule has 2 rings (SSSR count). The van der Waals surface area contributed by atoms with E-state index in [9.17, 15) is 4.79 Å². The zero-order valence-electron chi connectivity index (χ0n) is 12.3. The number of carbonyl (C=O) groups is 1. The summed E-state index contributed by atoms with van der Waals surface area (Å²) in [6.45, 7) is 6.75. The summed E-state index contributed by atoms with van der Waals surface area (Å²) in [4.78, 5) is 21.5. The molecular weight excluding hydrogens is 256 g/mol. The van der Waals surface area contributed by atoms with Gasteiger partial charge < -0.3 is 10.4 Å². The normalized spacial score (nSPS) is 21.6. The van der Waals surface area contributed by atoms with Crippen molar-refractivity contribution in [1.82, 2.24) is 14.9 Å². The molecule has 6 heteroatoms. The van der Waals surface area contributed by atoms with Crippen LogP contribution in [0.25, 0.3) is 0 Å². The van der Waals surface area contributed by atoms with Crippen LogP contribution in [-0.2, 0) is 4.79 Å². The van der Waals surface area contributed by atoms with Crippen molar-refractivity contribution in [2.75, 3.05) is 18.4 Å². The molecule has 2 N–H and O–H groups in total. The van der Waals surface area contributed by atoms with Gasteiger partial charge in [-0.2, -0.15) is 0 Å². The quantitative estimate of drug-likeness (QED) is 0.820. The molecule has 110 valence electrons. The highest BCUT2D eigenvalue weighted by atomic mass is 16.4. The average Bonchev–Trinajstić information content (AvgIpc) is 2.34. The number of likely N-dealkylation sites (N-methyl/N-ethyl adjacent to an activating group) is 1. The number of nitrogens with one attached hydrogen (secondary N) is 1. The van der Waals surface area contributed by atoms with E-state index in [2.05, 4.69) is 15.3 Å². The van der Waals surface area contributed by atoms with Gasteiger partial charge in [0.1, 0.15) is 5.82 Å². The van der Waals surface area contributed by atoms with Crippen LogP contribution in [0.3, 0.4) is 0 Å². The molecule has 1 saturated carbocycles. The number of nitrogens with zero attached hydrogens (tertiary/aromatic N) is 3. The van der Waals surface area contributed by atoms with Crippen molar-refractivity contribution in [2.24, 2.45) is 0 Å². The minimum Gasteiger partial charge on any atom is -0.480 e. The molecule has 1 aliphatic carbocycles. The van der Waals surface area contributed by atoms with E-state index in [0.29, 0.717) is 12.1 Å². The van der Waals surface area contributed by atoms with E-state index < -0.39 is 5.97 Å². The van der Waals surface area contributed by atoms with E-state index in [1.165, 1.54) is 0 Å². The molecule has 1 aliphatic rings. The van der Waals surface area contributed by atoms with E-state index in [-0.39, 0.29) is 6.54 Å². The highest BCUT2D eigenvalue weighted by Crippen LogP contribution is 2.28. The van der Waals surface area contributed by atoms with Gasteiger partial charge >= 0.3 is 5.97 Å². The number of hydrogen-bond donors (Lipinski definition) is 2. The second-order valence-electron chi connectivity index (χ2n) is 5.37. The minimum absolute atomic E-state index is 0.122. The van der Waals surface area contributed by atoms with Crippen molar-refractivity contribution in [2.45, 2.75) is 45.7 Å². The maximum atomic E-state index is 10.8. The van der Waals surface area contributed by atoms with E-state index in [4.69, 9.17) is 5.11 Å². The van der Waals surface area contributed by atoms with Crippen molar-refractivity contribution in [3.8, 4) is 0 Å². The SMILES string of the molecule is CCN(CC(=O)O)C1CC(Nc2nc(C)cnc2C)C1. The second kappa shape index (κ2) is 6.17. The van der Waals surface area contributed by atoms with E-state index in [1.807, 2.05) is 25.7 Å². The fraction of sp³-hybridized carbons (Fsp3) is 0.643. The molecule has 1 heterocycles. The summed E-state index contributed by atoms with van der Waals surface area (Å²) in [7, 11) is 0. The van der Waals surface area contributed by atoms with E-state index >= 15 is 0 Å². The Morgan fingerprint density at radius 2 is 2.20 bits per heavy atom. The van der Waals surface area contributed by atoms with Crippen LogP contribution in [0, 0.1) is 13.8 Å². The lowest BCUT2D eigenvalue weighted by atomic mass is 9.85. The van der Waals surface area contributed by atoms with Gasteiger partial charge in [-0.15, -0.1) is 0 Å². The summed E-state index contributed by atoms with van der Waals surface area (Å²) in [5.41, 5.74) is 1.80. The van der Waals surface area contributed by atoms with Gasteiger partial charge in [-0.1, -0.05) is 6.92 Å². The number of carboxylic acid groups (broad SMARTS) is 1. The van der Waals surface area contributed by atoms with Gasteiger partial charge in [-0.05, 0) is 33.2 Å². The Morgan fingerprint density at radius 3 is 2.80 bits per heavy atom. The van der Waals surface area contributed by atoms with Crippen LogP contribution in [0.5, 0.6) is 0 Å². The highest BCUT2D eigenvalue weighted by molar-refractivity contribution is 5.69. The zero-order chi connectivity index (χ0) is 14.7. The first-order valence-electron chi connectivity index (χ1n) is 7.02. The van der Waals surface area contributed by atoms with Gasteiger partial charge in [0.15, 0.2) is 0 Å². The molecule has 0 spiro atoms. The molecule has 0 atom stereocenters. The maximum Gasteiger partial charge on any atom is 0.317 e. The van der Waals surface area contributed by atoms with Crippen LogP contribution in [0.2, 0.25) is 0 Å². The topological polar surface area (TPSA) is 78.4 Å². The Hall–Kier alpha value is -1.69. The largest absolute Gasteiger partial charge is 0.480 e. The van der Waals surface area contributed by atoms with Crippen molar-refractivity contribution in [1.29, 1.82) is 0 Å². The number of hydrogen-bond acceptors (Lipinski definition) is 5. The van der Waals surface area contributed by atoms with Gasteiger partial charge in [0.2, 0.25) is 0 Å². The Balaban J connectivity index is 1.87. The molecule has 0 bridgehead atoms. The smallest absolute Gasteiger partial charge is 0.317 e. The maximum absolute atomic E-state index is 10.8. The second-order valence-corrected chi connectivity index (χ2v) is 5.37. The minimum atomic E-state index is -0.761. The highest BCUT2D eigenvalue weighted by Gasteiger charge is 2.34. The lowest BCUT2D eigenvalue weighted by Crippen LogP contribution is -2.51. The molecule has 1 fully saturated rings. The molecule has 0 aromatic carbocycles. The number of aromatic nitrogens is 2. The van der Waals surface area contributed by atoms with E-state index in [0.717, 1.165) is 36.6 Å². The molecule has 0 amide bonds. The first-order valence-corrected chi connectivity index (χ1v) is 7.02. The Labute approximate surface area is 119 Å². The third-order valence-corrected chi connectivity index (χ3v) is 3.79. The number of rotatable bonds is 6. The van der Waals surface area contributed by atoms with Crippen molar-refractivity contribution in [3.63, 3.8) is 0 Å². The first kappa shape index (κ1) is 14.7. The van der Waals surface area contributed by atoms with Crippen molar-refractivity contribution < 1.29 is 9.90 Å². The molecule has 0 radical (unpaired) electrons. The van der Waals surface area contributed by atoms with Gasteiger partial charge in [0.05, 0.1) is 17.9 Å². The van der Waals surface area contributed by atoms with Crippen LogP contribution in [0.15, 0.2) is 6.20 Å². The first-order chi connectivity index (χ1) is 9.49. The fourth-order valence-corrected chi connectivity index (χ4v) is 2.54. The van der Waals surface area contributed by atoms with Crippen LogP contribution < -0.4 is 5.32 Å². The third kappa shape index (κ3) is 3.45. The van der Waals surface area contributed by atoms with Gasteiger partial charge in [-0.3, -0.25) is 14.7 Å². The molecule has 1 aromatic rings. The number of anilines is 1. The summed E-state index contributed by atoms with van der Waals surface area (Å²) in [5.74, 6) is 0.0818. The van der Waals surface area contributed by atoms with Gasteiger partial charge in [-0.25, -0.2) is 4.98 Å². The van der Waals surface area contributed by atoms with Crippen LogP contribution in [0.4, 0.5) is 5.82 Å².